The van der Waals surface area contributed by atoms with Crippen LogP contribution in [0.4, 0.5) is 5.69 Å². The maximum absolute atomic E-state index is 13.2. The average molecular weight is 426 g/mol. The molecular formula is C26H35NO4. The molecule has 2 unspecified atom stereocenters. The number of ether oxygens (including phenoxy) is 1. The average Bonchev–Trinajstić information content (AvgIpc) is 2.72. The van der Waals surface area contributed by atoms with Gasteiger partial charge in [0.25, 0.3) is 5.91 Å². The van der Waals surface area contributed by atoms with E-state index in [4.69, 9.17) is 4.74 Å². The Kier molecular flexibility index (Phi) is 5.58. The highest BCUT2D eigenvalue weighted by atomic mass is 16.5. The Bertz CT molecular complexity index is 802. The van der Waals surface area contributed by atoms with Gasteiger partial charge in [0.2, 0.25) is 0 Å². The molecule has 0 spiro atoms. The largest absolute Gasteiger partial charge is 0.456 e. The van der Waals surface area contributed by atoms with Crippen LogP contribution in [-0.2, 0) is 14.3 Å². The molecule has 5 aliphatic rings. The maximum atomic E-state index is 13.2. The number of hydrogen-bond donors (Lipinski definition) is 1. The Labute approximate surface area is 185 Å². The van der Waals surface area contributed by atoms with Gasteiger partial charge in [-0.15, -0.1) is 0 Å². The Hall–Kier alpha value is -1.88. The first-order valence-corrected chi connectivity index (χ1v) is 12.2. The highest BCUT2D eigenvalue weighted by Crippen LogP contribution is 2.62. The van der Waals surface area contributed by atoms with E-state index in [1.165, 1.54) is 12.8 Å². The summed E-state index contributed by atoms with van der Waals surface area (Å²) in [6.45, 7) is -0.197. The van der Waals surface area contributed by atoms with Crippen LogP contribution in [0.25, 0.3) is 0 Å². The summed E-state index contributed by atoms with van der Waals surface area (Å²) in [6, 6.07) is 9.95. The van der Waals surface area contributed by atoms with Crippen LogP contribution in [0, 0.1) is 17.3 Å². The van der Waals surface area contributed by atoms with Crippen LogP contribution in [0.3, 0.4) is 0 Å². The van der Waals surface area contributed by atoms with Gasteiger partial charge in [-0.3, -0.25) is 9.59 Å². The lowest BCUT2D eigenvalue weighted by atomic mass is 9.47. The highest BCUT2D eigenvalue weighted by molar-refractivity contribution is 5.95. The molecule has 0 saturated heterocycles. The SMILES string of the molecule is O=C(CC12C[C@@H]3C[C@@H](CC(O)(C3)C1)C2)OCC(=O)N(c1ccccc1)C1CCCCC1. The minimum atomic E-state index is -0.578. The van der Waals surface area contributed by atoms with Gasteiger partial charge in [-0.25, -0.2) is 0 Å². The molecule has 168 valence electrons. The number of esters is 1. The van der Waals surface area contributed by atoms with Crippen molar-refractivity contribution in [2.75, 3.05) is 11.5 Å². The fourth-order valence-electron chi connectivity index (χ4n) is 7.66. The molecular weight excluding hydrogens is 390 g/mol. The van der Waals surface area contributed by atoms with Crippen molar-refractivity contribution in [2.45, 2.75) is 88.7 Å². The molecule has 31 heavy (non-hydrogen) atoms. The first-order chi connectivity index (χ1) is 14.9. The number of carbonyl (C=O) groups excluding carboxylic acids is 2. The van der Waals surface area contributed by atoms with Gasteiger partial charge in [0.1, 0.15) is 0 Å². The molecule has 5 saturated carbocycles. The number of rotatable bonds is 6. The molecule has 0 heterocycles. The molecule has 5 fully saturated rings. The molecule has 5 aliphatic carbocycles. The highest BCUT2D eigenvalue weighted by Gasteiger charge is 2.57. The fourth-order valence-corrected chi connectivity index (χ4v) is 7.66. The number of carbonyl (C=O) groups is 2. The van der Waals surface area contributed by atoms with Gasteiger partial charge in [-0.1, -0.05) is 37.5 Å². The molecule has 0 radical (unpaired) electrons. The number of benzene rings is 1. The summed E-state index contributed by atoms with van der Waals surface area (Å²) in [5.74, 6) is 0.673. The van der Waals surface area contributed by atoms with Crippen LogP contribution in [0.2, 0.25) is 0 Å². The molecule has 0 aliphatic heterocycles. The predicted octanol–water partition coefficient (Wildman–Crippen LogP) is 4.62. The number of amides is 1. The van der Waals surface area contributed by atoms with E-state index in [2.05, 4.69) is 0 Å². The van der Waals surface area contributed by atoms with Crippen LogP contribution in [0.5, 0.6) is 0 Å². The predicted molar refractivity (Wildman–Crippen MR) is 118 cm³/mol. The van der Waals surface area contributed by atoms with Crippen LogP contribution in [0.15, 0.2) is 30.3 Å². The first kappa shape index (κ1) is 21.0. The zero-order valence-electron chi connectivity index (χ0n) is 18.4. The van der Waals surface area contributed by atoms with E-state index in [0.29, 0.717) is 24.7 Å². The Balaban J connectivity index is 1.22. The van der Waals surface area contributed by atoms with Crippen molar-refractivity contribution in [3.8, 4) is 0 Å². The van der Waals surface area contributed by atoms with Crippen molar-refractivity contribution >= 4 is 17.6 Å². The summed E-state index contributed by atoms with van der Waals surface area (Å²) in [5.41, 5.74) is 0.186. The minimum absolute atomic E-state index is 0.124. The van der Waals surface area contributed by atoms with E-state index in [0.717, 1.165) is 57.1 Å². The molecule has 6 rings (SSSR count). The van der Waals surface area contributed by atoms with Gasteiger partial charge < -0.3 is 14.7 Å². The van der Waals surface area contributed by atoms with Gasteiger partial charge in [0.15, 0.2) is 6.61 Å². The smallest absolute Gasteiger partial charge is 0.306 e. The summed E-state index contributed by atoms with van der Waals surface area (Å²) in [7, 11) is 0. The zero-order chi connectivity index (χ0) is 21.5. The van der Waals surface area contributed by atoms with Crippen LogP contribution < -0.4 is 4.90 Å². The Morgan fingerprint density at radius 3 is 2.32 bits per heavy atom. The Morgan fingerprint density at radius 1 is 1.00 bits per heavy atom. The third-order valence-corrected chi connectivity index (χ3v) is 8.27. The van der Waals surface area contributed by atoms with Gasteiger partial charge in [-0.2, -0.15) is 0 Å². The van der Waals surface area contributed by atoms with Crippen molar-refractivity contribution in [1.82, 2.24) is 0 Å². The van der Waals surface area contributed by atoms with E-state index in [1.807, 2.05) is 35.2 Å². The topological polar surface area (TPSA) is 66.8 Å². The third kappa shape index (κ3) is 4.39. The first-order valence-electron chi connectivity index (χ1n) is 12.2. The molecule has 4 atom stereocenters. The van der Waals surface area contributed by atoms with Crippen molar-refractivity contribution in [1.29, 1.82) is 0 Å². The molecule has 4 bridgehead atoms. The monoisotopic (exact) mass is 425 g/mol. The van der Waals surface area contributed by atoms with Crippen LogP contribution in [0.1, 0.15) is 77.0 Å². The summed E-state index contributed by atoms with van der Waals surface area (Å²) >= 11 is 0. The number of aliphatic hydroxyl groups is 1. The van der Waals surface area contributed by atoms with E-state index in [9.17, 15) is 14.7 Å². The van der Waals surface area contributed by atoms with Crippen LogP contribution >= 0.6 is 0 Å². The van der Waals surface area contributed by atoms with E-state index >= 15 is 0 Å². The Morgan fingerprint density at radius 2 is 1.68 bits per heavy atom. The zero-order valence-corrected chi connectivity index (χ0v) is 18.4. The number of hydrogen-bond acceptors (Lipinski definition) is 4. The van der Waals surface area contributed by atoms with Crippen molar-refractivity contribution in [2.24, 2.45) is 17.3 Å². The number of nitrogens with zero attached hydrogens (tertiary/aromatic N) is 1. The summed E-state index contributed by atoms with van der Waals surface area (Å²) in [4.78, 5) is 27.8. The number of anilines is 1. The van der Waals surface area contributed by atoms with Crippen molar-refractivity contribution in [3.63, 3.8) is 0 Å². The standard InChI is InChI=1S/C26H35NO4/c28-23(27(21-7-3-1-4-8-21)22-9-5-2-6-10-22)17-31-24(29)16-25-12-19-11-20(13-25)15-26(30,14-19)18-25/h1,3-4,7-8,19-20,22,30H,2,5-6,9-18H2/t19-,20+,25?,26?. The molecule has 0 aromatic heterocycles. The maximum Gasteiger partial charge on any atom is 0.306 e. The second-order valence-corrected chi connectivity index (χ2v) is 10.9. The fraction of sp³-hybridized carbons (Fsp3) is 0.692. The quantitative estimate of drug-likeness (QED) is 0.676. The van der Waals surface area contributed by atoms with Gasteiger partial charge in [0, 0.05) is 11.7 Å². The number of para-hydroxylation sites is 1. The molecule has 1 aromatic carbocycles. The lowest BCUT2D eigenvalue weighted by Gasteiger charge is -2.60. The van der Waals surface area contributed by atoms with E-state index in [-0.39, 0.29) is 29.9 Å². The van der Waals surface area contributed by atoms with Crippen LogP contribution in [-0.4, -0.2) is 35.2 Å². The van der Waals surface area contributed by atoms with Gasteiger partial charge in [0.05, 0.1) is 12.0 Å². The second-order valence-electron chi connectivity index (χ2n) is 10.9. The van der Waals surface area contributed by atoms with Crippen molar-refractivity contribution < 1.29 is 19.4 Å². The normalized spacial score (nSPS) is 34.5. The van der Waals surface area contributed by atoms with Gasteiger partial charge in [-0.05, 0) is 80.8 Å². The lowest BCUT2D eigenvalue weighted by molar-refractivity contribution is -0.177. The minimum Gasteiger partial charge on any atom is -0.456 e. The lowest BCUT2D eigenvalue weighted by Crippen LogP contribution is -2.56. The van der Waals surface area contributed by atoms with E-state index in [1.54, 1.807) is 0 Å². The van der Waals surface area contributed by atoms with E-state index < -0.39 is 5.60 Å². The summed E-state index contributed by atoms with van der Waals surface area (Å²) < 4.78 is 5.56. The summed E-state index contributed by atoms with van der Waals surface area (Å²) in [5, 5.41) is 10.9. The molecule has 1 N–H and O–H groups in total. The molecule has 1 amide bonds. The molecule has 5 heteroatoms. The third-order valence-electron chi connectivity index (χ3n) is 8.27. The molecule has 5 nitrogen and oxygen atoms in total. The van der Waals surface area contributed by atoms with Crippen molar-refractivity contribution in [3.05, 3.63) is 30.3 Å². The summed E-state index contributed by atoms with van der Waals surface area (Å²) in [6.07, 6.45) is 11.6. The van der Waals surface area contributed by atoms with Gasteiger partial charge >= 0.3 is 5.97 Å². The molecule has 1 aromatic rings. The second kappa shape index (κ2) is 8.23.